The largest absolute Gasteiger partial charge is 0.389 e. The zero-order chi connectivity index (χ0) is 6.41. The molecule has 1 N–H and O–H groups in total. The Labute approximate surface area is 51.0 Å². The standard InChI is InChI=1S/C7H14O/c1-3-5-6-7(8)4-2/h5-8H,3-4H2,1-2H3/b6-5-. The van der Waals surface area contributed by atoms with Crippen molar-refractivity contribution in [3.05, 3.63) is 12.2 Å². The summed E-state index contributed by atoms with van der Waals surface area (Å²) in [6, 6.07) is 0. The van der Waals surface area contributed by atoms with Crippen molar-refractivity contribution in [2.24, 2.45) is 0 Å². The predicted molar refractivity (Wildman–Crippen MR) is 35.7 cm³/mol. The Bertz CT molecular complexity index is 66.8. The van der Waals surface area contributed by atoms with E-state index in [1.807, 2.05) is 19.1 Å². The van der Waals surface area contributed by atoms with Crippen LogP contribution in [-0.4, -0.2) is 11.2 Å². The van der Waals surface area contributed by atoms with Crippen molar-refractivity contribution < 1.29 is 5.11 Å². The van der Waals surface area contributed by atoms with Crippen molar-refractivity contribution in [3.8, 4) is 0 Å². The van der Waals surface area contributed by atoms with Gasteiger partial charge in [0, 0.05) is 0 Å². The van der Waals surface area contributed by atoms with Gasteiger partial charge in [0.2, 0.25) is 0 Å². The van der Waals surface area contributed by atoms with Crippen LogP contribution in [0.1, 0.15) is 26.7 Å². The number of aliphatic hydroxyl groups excluding tert-OH is 1. The molecule has 0 heterocycles. The second-order valence-electron chi connectivity index (χ2n) is 1.81. The molecule has 1 atom stereocenters. The van der Waals surface area contributed by atoms with Gasteiger partial charge in [0.15, 0.2) is 0 Å². The van der Waals surface area contributed by atoms with Gasteiger partial charge in [-0.15, -0.1) is 0 Å². The highest BCUT2D eigenvalue weighted by Gasteiger charge is 1.88. The Morgan fingerprint density at radius 2 is 2.12 bits per heavy atom. The second-order valence-corrected chi connectivity index (χ2v) is 1.81. The van der Waals surface area contributed by atoms with Gasteiger partial charge in [0.05, 0.1) is 6.10 Å². The lowest BCUT2D eigenvalue weighted by Crippen LogP contribution is -1.97. The topological polar surface area (TPSA) is 20.2 Å². The molecule has 0 fully saturated rings. The third-order valence-corrected chi connectivity index (χ3v) is 1.01. The summed E-state index contributed by atoms with van der Waals surface area (Å²) in [4.78, 5) is 0. The molecule has 0 bridgehead atoms. The van der Waals surface area contributed by atoms with Crippen LogP contribution in [0.15, 0.2) is 12.2 Å². The lowest BCUT2D eigenvalue weighted by atomic mass is 10.2. The lowest BCUT2D eigenvalue weighted by Gasteiger charge is -1.96. The molecule has 48 valence electrons. The summed E-state index contributed by atoms with van der Waals surface area (Å²) >= 11 is 0. The number of rotatable bonds is 3. The van der Waals surface area contributed by atoms with Gasteiger partial charge in [-0.05, 0) is 12.8 Å². The minimum Gasteiger partial charge on any atom is -0.389 e. The van der Waals surface area contributed by atoms with Crippen LogP contribution in [0.2, 0.25) is 0 Å². The summed E-state index contributed by atoms with van der Waals surface area (Å²) in [7, 11) is 0. The van der Waals surface area contributed by atoms with E-state index in [2.05, 4.69) is 6.92 Å². The molecule has 0 aromatic carbocycles. The first-order valence-electron chi connectivity index (χ1n) is 3.16. The minimum atomic E-state index is -0.227. The fraction of sp³-hybridized carbons (Fsp3) is 0.714. The molecule has 0 saturated heterocycles. The highest BCUT2D eigenvalue weighted by Crippen LogP contribution is 1.91. The van der Waals surface area contributed by atoms with Gasteiger partial charge in [-0.25, -0.2) is 0 Å². The van der Waals surface area contributed by atoms with E-state index in [4.69, 9.17) is 5.11 Å². The molecular formula is C7H14O. The zero-order valence-electron chi connectivity index (χ0n) is 5.59. The summed E-state index contributed by atoms with van der Waals surface area (Å²) < 4.78 is 0. The maximum absolute atomic E-state index is 8.90. The van der Waals surface area contributed by atoms with E-state index in [0.29, 0.717) is 0 Å². The Morgan fingerprint density at radius 3 is 2.50 bits per heavy atom. The highest BCUT2D eigenvalue weighted by molar-refractivity contribution is 4.86. The summed E-state index contributed by atoms with van der Waals surface area (Å²) in [5, 5.41) is 8.90. The highest BCUT2D eigenvalue weighted by atomic mass is 16.3. The molecule has 1 nitrogen and oxygen atoms in total. The maximum Gasteiger partial charge on any atom is 0.0718 e. The first-order valence-corrected chi connectivity index (χ1v) is 3.16. The third-order valence-electron chi connectivity index (χ3n) is 1.01. The molecule has 0 aliphatic rings. The third kappa shape index (κ3) is 3.88. The van der Waals surface area contributed by atoms with Gasteiger partial charge in [-0.2, -0.15) is 0 Å². The van der Waals surface area contributed by atoms with Crippen molar-refractivity contribution in [2.45, 2.75) is 32.8 Å². The van der Waals surface area contributed by atoms with Crippen LogP contribution in [0.3, 0.4) is 0 Å². The van der Waals surface area contributed by atoms with E-state index < -0.39 is 0 Å². The molecule has 0 rings (SSSR count). The smallest absolute Gasteiger partial charge is 0.0718 e. The summed E-state index contributed by atoms with van der Waals surface area (Å²) in [5.74, 6) is 0. The van der Waals surface area contributed by atoms with Crippen LogP contribution >= 0.6 is 0 Å². The molecule has 1 unspecified atom stereocenters. The molecule has 0 aromatic rings. The molecule has 0 spiro atoms. The Kier molecular flexibility index (Phi) is 4.67. The minimum absolute atomic E-state index is 0.227. The average Bonchev–Trinajstić information content (AvgIpc) is 1.83. The van der Waals surface area contributed by atoms with Gasteiger partial charge in [0.25, 0.3) is 0 Å². The molecule has 0 aliphatic carbocycles. The first kappa shape index (κ1) is 7.70. The molecule has 0 aromatic heterocycles. The lowest BCUT2D eigenvalue weighted by molar-refractivity contribution is 0.219. The maximum atomic E-state index is 8.90. The molecule has 1 heteroatoms. The molecular weight excluding hydrogens is 100 g/mol. The fourth-order valence-electron chi connectivity index (χ4n) is 0.429. The molecule has 0 radical (unpaired) electrons. The normalized spacial score (nSPS) is 14.9. The molecule has 0 amide bonds. The zero-order valence-corrected chi connectivity index (χ0v) is 5.59. The van der Waals surface area contributed by atoms with Crippen molar-refractivity contribution in [3.63, 3.8) is 0 Å². The van der Waals surface area contributed by atoms with Crippen LogP contribution in [-0.2, 0) is 0 Å². The quantitative estimate of drug-likeness (QED) is 0.554. The van der Waals surface area contributed by atoms with Crippen molar-refractivity contribution in [1.29, 1.82) is 0 Å². The second kappa shape index (κ2) is 4.85. The van der Waals surface area contributed by atoms with Gasteiger partial charge in [-0.3, -0.25) is 0 Å². The van der Waals surface area contributed by atoms with Crippen LogP contribution in [0.5, 0.6) is 0 Å². The van der Waals surface area contributed by atoms with Crippen LogP contribution in [0.25, 0.3) is 0 Å². The molecule has 8 heavy (non-hydrogen) atoms. The first-order chi connectivity index (χ1) is 3.81. The van der Waals surface area contributed by atoms with E-state index in [1.54, 1.807) is 0 Å². The number of hydrogen-bond acceptors (Lipinski definition) is 1. The van der Waals surface area contributed by atoms with E-state index in [1.165, 1.54) is 0 Å². The summed E-state index contributed by atoms with van der Waals surface area (Å²) in [6.45, 7) is 4.02. The van der Waals surface area contributed by atoms with E-state index >= 15 is 0 Å². The Balaban J connectivity index is 3.21. The van der Waals surface area contributed by atoms with E-state index in [-0.39, 0.29) is 6.10 Å². The van der Waals surface area contributed by atoms with Gasteiger partial charge < -0.3 is 5.11 Å². The number of hydrogen-bond donors (Lipinski definition) is 1. The monoisotopic (exact) mass is 114 g/mol. The van der Waals surface area contributed by atoms with Crippen molar-refractivity contribution >= 4 is 0 Å². The Hall–Kier alpha value is -0.300. The summed E-state index contributed by atoms with van der Waals surface area (Å²) in [6.07, 6.45) is 5.41. The predicted octanol–water partition coefficient (Wildman–Crippen LogP) is 1.72. The SMILES string of the molecule is CC/C=C\C(O)CC. The van der Waals surface area contributed by atoms with Crippen molar-refractivity contribution in [2.75, 3.05) is 0 Å². The molecule has 0 saturated carbocycles. The summed E-state index contributed by atoms with van der Waals surface area (Å²) in [5.41, 5.74) is 0. The van der Waals surface area contributed by atoms with Crippen LogP contribution in [0, 0.1) is 0 Å². The Morgan fingerprint density at radius 1 is 1.50 bits per heavy atom. The van der Waals surface area contributed by atoms with Gasteiger partial charge >= 0.3 is 0 Å². The van der Waals surface area contributed by atoms with Crippen molar-refractivity contribution in [1.82, 2.24) is 0 Å². The van der Waals surface area contributed by atoms with E-state index in [0.717, 1.165) is 12.8 Å². The molecule has 0 aliphatic heterocycles. The van der Waals surface area contributed by atoms with Crippen LogP contribution in [0.4, 0.5) is 0 Å². The fourth-order valence-corrected chi connectivity index (χ4v) is 0.429. The number of allylic oxidation sites excluding steroid dienone is 1. The van der Waals surface area contributed by atoms with E-state index in [9.17, 15) is 0 Å². The average molecular weight is 114 g/mol. The van der Waals surface area contributed by atoms with Gasteiger partial charge in [-0.1, -0.05) is 26.0 Å². The number of aliphatic hydroxyl groups is 1. The van der Waals surface area contributed by atoms with Gasteiger partial charge in [0.1, 0.15) is 0 Å². The van der Waals surface area contributed by atoms with Crippen LogP contribution < -0.4 is 0 Å².